The summed E-state index contributed by atoms with van der Waals surface area (Å²) in [6.07, 6.45) is 0. The van der Waals surface area contributed by atoms with E-state index in [9.17, 15) is 21.6 Å². The molecular formula is C20H25N3O7S2. The molecule has 1 heterocycles. The molecule has 2 N–H and O–H groups in total. The van der Waals surface area contributed by atoms with Gasteiger partial charge in [-0.25, -0.2) is 21.6 Å². The van der Waals surface area contributed by atoms with Crippen LogP contribution in [0.3, 0.4) is 0 Å². The Labute approximate surface area is 187 Å². The van der Waals surface area contributed by atoms with Crippen LogP contribution >= 0.6 is 0 Å². The number of benzene rings is 2. The van der Waals surface area contributed by atoms with Crippen molar-refractivity contribution < 1.29 is 31.1 Å². The highest BCUT2D eigenvalue weighted by Crippen LogP contribution is 2.29. The third kappa shape index (κ3) is 4.94. The third-order valence-electron chi connectivity index (χ3n) is 5.05. The molecule has 0 atom stereocenters. The van der Waals surface area contributed by atoms with Gasteiger partial charge in [-0.15, -0.1) is 0 Å². The summed E-state index contributed by atoms with van der Waals surface area (Å²) in [5.74, 6) is -0.473. The molecule has 0 aliphatic carbocycles. The number of nitrogens with zero attached hydrogens (tertiary/aromatic N) is 1. The predicted molar refractivity (Wildman–Crippen MR) is 118 cm³/mol. The number of aryl methyl sites for hydroxylation is 1. The maximum atomic E-state index is 13.1. The number of hydrogen-bond acceptors (Lipinski definition) is 7. The van der Waals surface area contributed by atoms with Gasteiger partial charge in [0.2, 0.25) is 20.0 Å². The molecule has 2 aromatic rings. The van der Waals surface area contributed by atoms with Crippen molar-refractivity contribution in [3.63, 3.8) is 0 Å². The van der Waals surface area contributed by atoms with Gasteiger partial charge in [0, 0.05) is 24.3 Å². The van der Waals surface area contributed by atoms with Gasteiger partial charge in [-0.1, -0.05) is 6.07 Å². The molecule has 174 valence electrons. The lowest BCUT2D eigenvalue weighted by Crippen LogP contribution is -2.40. The van der Waals surface area contributed by atoms with Gasteiger partial charge in [0.25, 0.3) is 5.91 Å². The van der Waals surface area contributed by atoms with Crippen molar-refractivity contribution in [3.05, 3.63) is 47.5 Å². The fourth-order valence-electron chi connectivity index (χ4n) is 3.16. The van der Waals surface area contributed by atoms with Crippen LogP contribution in [-0.2, 0) is 24.8 Å². The van der Waals surface area contributed by atoms with Crippen molar-refractivity contribution in [2.45, 2.75) is 16.7 Å². The van der Waals surface area contributed by atoms with Crippen molar-refractivity contribution in [1.82, 2.24) is 9.03 Å². The lowest BCUT2D eigenvalue weighted by atomic mass is 10.1. The van der Waals surface area contributed by atoms with Gasteiger partial charge in [0.05, 0.1) is 25.2 Å². The summed E-state index contributed by atoms with van der Waals surface area (Å²) >= 11 is 0. The second-order valence-corrected chi connectivity index (χ2v) is 10.8. The van der Waals surface area contributed by atoms with Crippen LogP contribution in [0, 0.1) is 6.92 Å². The molecule has 0 saturated carbocycles. The summed E-state index contributed by atoms with van der Waals surface area (Å²) in [6.45, 7) is 2.69. The normalized spacial score (nSPS) is 15.3. The van der Waals surface area contributed by atoms with E-state index in [4.69, 9.17) is 9.47 Å². The molecular weight excluding hydrogens is 458 g/mol. The molecule has 12 heteroatoms. The first-order chi connectivity index (χ1) is 15.1. The summed E-state index contributed by atoms with van der Waals surface area (Å²) < 4.78 is 64.4. The summed E-state index contributed by atoms with van der Waals surface area (Å²) in [5.41, 5.74) is 1.02. The first kappa shape index (κ1) is 24.1. The standard InChI is InChI=1S/C20H25N3O7S2/c1-14-4-6-16(31(25,26)21-2)13-17(14)22-20(24)15-5-7-18(29-3)19(12-15)32(27,28)23-8-10-30-11-9-23/h4-7,12-13,21H,8-11H2,1-3H3,(H,22,24). The second-order valence-electron chi connectivity index (χ2n) is 7.02. The van der Waals surface area contributed by atoms with E-state index in [0.29, 0.717) is 11.3 Å². The van der Waals surface area contributed by atoms with Crippen LogP contribution in [0.5, 0.6) is 5.75 Å². The zero-order valence-electron chi connectivity index (χ0n) is 17.9. The number of methoxy groups -OCH3 is 1. The molecule has 2 aromatic carbocycles. The van der Waals surface area contributed by atoms with E-state index in [1.165, 1.54) is 48.8 Å². The Morgan fingerprint density at radius 1 is 1.06 bits per heavy atom. The second kappa shape index (κ2) is 9.55. The van der Waals surface area contributed by atoms with Crippen LogP contribution in [0.15, 0.2) is 46.2 Å². The Morgan fingerprint density at radius 2 is 1.75 bits per heavy atom. The molecule has 32 heavy (non-hydrogen) atoms. The van der Waals surface area contributed by atoms with E-state index in [1.54, 1.807) is 13.0 Å². The lowest BCUT2D eigenvalue weighted by Gasteiger charge is -2.26. The molecule has 3 rings (SSSR count). The first-order valence-corrected chi connectivity index (χ1v) is 12.6. The number of morpholine rings is 1. The number of anilines is 1. The van der Waals surface area contributed by atoms with Crippen LogP contribution in [-0.4, -0.2) is 67.5 Å². The fourth-order valence-corrected chi connectivity index (χ4v) is 5.51. The van der Waals surface area contributed by atoms with Gasteiger partial charge in [-0.05, 0) is 49.9 Å². The average Bonchev–Trinajstić information content (AvgIpc) is 2.80. The average molecular weight is 484 g/mol. The number of rotatable bonds is 7. The maximum absolute atomic E-state index is 13.1. The van der Waals surface area contributed by atoms with Gasteiger partial charge in [-0.2, -0.15) is 4.31 Å². The van der Waals surface area contributed by atoms with E-state index in [1.807, 2.05) is 0 Å². The SMILES string of the molecule is CNS(=O)(=O)c1ccc(C)c(NC(=O)c2ccc(OC)c(S(=O)(=O)N3CCOCC3)c2)c1. The van der Waals surface area contributed by atoms with Crippen LogP contribution < -0.4 is 14.8 Å². The molecule has 1 aliphatic rings. The maximum Gasteiger partial charge on any atom is 0.255 e. The summed E-state index contributed by atoms with van der Waals surface area (Å²) in [7, 11) is -4.96. The summed E-state index contributed by atoms with van der Waals surface area (Å²) in [4.78, 5) is 12.8. The van der Waals surface area contributed by atoms with Crippen molar-refractivity contribution in [1.29, 1.82) is 0 Å². The van der Waals surface area contributed by atoms with E-state index in [-0.39, 0.29) is 47.4 Å². The van der Waals surface area contributed by atoms with Crippen molar-refractivity contribution in [3.8, 4) is 5.75 Å². The summed E-state index contributed by atoms with van der Waals surface area (Å²) in [6, 6.07) is 8.45. The number of hydrogen-bond donors (Lipinski definition) is 2. The number of amides is 1. The summed E-state index contributed by atoms with van der Waals surface area (Å²) in [5, 5.41) is 2.66. The van der Waals surface area contributed by atoms with Crippen LogP contribution in [0.4, 0.5) is 5.69 Å². The Kier molecular flexibility index (Phi) is 7.20. The number of carbonyl (C=O) groups excluding carboxylic acids is 1. The Hall–Kier alpha value is -2.51. The molecule has 1 amide bonds. The van der Waals surface area contributed by atoms with Crippen molar-refractivity contribution in [2.24, 2.45) is 0 Å². The fraction of sp³-hybridized carbons (Fsp3) is 0.350. The molecule has 10 nitrogen and oxygen atoms in total. The van der Waals surface area contributed by atoms with Gasteiger partial charge >= 0.3 is 0 Å². The third-order valence-corrected chi connectivity index (χ3v) is 8.38. The Balaban J connectivity index is 1.95. The van der Waals surface area contributed by atoms with Gasteiger partial charge in [0.1, 0.15) is 10.6 Å². The minimum atomic E-state index is -3.91. The Morgan fingerprint density at radius 3 is 2.38 bits per heavy atom. The van der Waals surface area contributed by atoms with Crippen molar-refractivity contribution in [2.75, 3.05) is 45.8 Å². The van der Waals surface area contributed by atoms with Gasteiger partial charge in [0.15, 0.2) is 0 Å². The van der Waals surface area contributed by atoms with Crippen molar-refractivity contribution >= 4 is 31.6 Å². The molecule has 1 aliphatic heterocycles. The van der Waals surface area contributed by atoms with E-state index >= 15 is 0 Å². The number of sulfonamides is 2. The minimum absolute atomic E-state index is 0.00813. The molecule has 0 aromatic heterocycles. The number of carbonyl (C=O) groups is 1. The van der Waals surface area contributed by atoms with Crippen LogP contribution in [0.1, 0.15) is 15.9 Å². The van der Waals surface area contributed by atoms with E-state index in [0.717, 1.165) is 0 Å². The minimum Gasteiger partial charge on any atom is -0.495 e. The Bertz CT molecular complexity index is 1220. The topological polar surface area (TPSA) is 131 Å². The molecule has 1 saturated heterocycles. The molecule has 0 radical (unpaired) electrons. The monoisotopic (exact) mass is 483 g/mol. The smallest absolute Gasteiger partial charge is 0.255 e. The quantitative estimate of drug-likeness (QED) is 0.605. The molecule has 0 unspecified atom stereocenters. The highest BCUT2D eigenvalue weighted by molar-refractivity contribution is 7.89. The highest BCUT2D eigenvalue weighted by Gasteiger charge is 2.30. The first-order valence-electron chi connectivity index (χ1n) is 9.71. The number of ether oxygens (including phenoxy) is 2. The van der Waals surface area contributed by atoms with Crippen LogP contribution in [0.2, 0.25) is 0 Å². The number of nitrogens with one attached hydrogen (secondary N) is 2. The molecule has 1 fully saturated rings. The van der Waals surface area contributed by atoms with Gasteiger partial charge < -0.3 is 14.8 Å². The van der Waals surface area contributed by atoms with Gasteiger partial charge in [-0.3, -0.25) is 4.79 Å². The highest BCUT2D eigenvalue weighted by atomic mass is 32.2. The molecule has 0 spiro atoms. The molecule has 0 bridgehead atoms. The predicted octanol–water partition coefficient (Wildman–Crippen LogP) is 1.18. The van der Waals surface area contributed by atoms with E-state index < -0.39 is 26.0 Å². The zero-order valence-corrected chi connectivity index (χ0v) is 19.5. The van der Waals surface area contributed by atoms with Crippen LogP contribution in [0.25, 0.3) is 0 Å². The van der Waals surface area contributed by atoms with E-state index in [2.05, 4.69) is 10.0 Å². The largest absolute Gasteiger partial charge is 0.495 e. The lowest BCUT2D eigenvalue weighted by molar-refractivity contribution is 0.0729. The zero-order chi connectivity index (χ0) is 23.5.